The maximum absolute atomic E-state index is 14.2. The van der Waals surface area contributed by atoms with Crippen LogP contribution in [-0.4, -0.2) is 48.8 Å². The molecule has 1 fully saturated rings. The summed E-state index contributed by atoms with van der Waals surface area (Å²) in [6.45, 7) is 7.40. The normalized spacial score (nSPS) is 16.6. The number of halogens is 1. The minimum atomic E-state index is -0.492. The first-order valence-electron chi connectivity index (χ1n) is 7.91. The zero-order valence-corrected chi connectivity index (χ0v) is 13.9. The Morgan fingerprint density at radius 2 is 1.78 bits per heavy atom. The van der Waals surface area contributed by atoms with Crippen molar-refractivity contribution in [3.63, 3.8) is 0 Å². The maximum atomic E-state index is 14.2. The van der Waals surface area contributed by atoms with Gasteiger partial charge in [-0.15, -0.1) is 0 Å². The number of Topliss-reactive ketones (excluding diaryl/α,β-unsaturated/α-hetero) is 1. The molecule has 1 saturated heterocycles. The molecule has 2 rings (SSSR count). The minimum absolute atomic E-state index is 0.0490. The third-order valence-corrected chi connectivity index (χ3v) is 4.29. The predicted molar refractivity (Wildman–Crippen MR) is 88.0 cm³/mol. The van der Waals surface area contributed by atoms with Crippen molar-refractivity contribution in [3.05, 3.63) is 29.6 Å². The van der Waals surface area contributed by atoms with Crippen LogP contribution in [-0.2, 0) is 4.79 Å². The Labute approximate surface area is 136 Å². The Morgan fingerprint density at radius 1 is 1.17 bits per heavy atom. The van der Waals surface area contributed by atoms with Crippen LogP contribution >= 0.6 is 0 Å². The Balaban J connectivity index is 2.02. The van der Waals surface area contributed by atoms with Gasteiger partial charge in [-0.05, 0) is 31.0 Å². The lowest BCUT2D eigenvalue weighted by molar-refractivity contribution is -0.133. The molecule has 1 aliphatic heterocycles. The second-order valence-electron chi connectivity index (χ2n) is 6.30. The molecule has 0 unspecified atom stereocenters. The topological polar surface area (TPSA) is 66.6 Å². The molecule has 0 spiro atoms. The number of hydrogen-bond donors (Lipinski definition) is 1. The van der Waals surface area contributed by atoms with E-state index in [-0.39, 0.29) is 17.6 Å². The van der Waals surface area contributed by atoms with Crippen molar-refractivity contribution in [3.8, 4) is 0 Å². The van der Waals surface area contributed by atoms with Crippen molar-refractivity contribution in [2.45, 2.75) is 26.8 Å². The van der Waals surface area contributed by atoms with Gasteiger partial charge in [0.05, 0.1) is 11.7 Å². The van der Waals surface area contributed by atoms with Crippen molar-refractivity contribution in [1.29, 1.82) is 0 Å². The molecular weight excluding hydrogens is 297 g/mol. The quantitative estimate of drug-likeness (QED) is 0.857. The van der Waals surface area contributed by atoms with Crippen molar-refractivity contribution in [1.82, 2.24) is 4.90 Å². The average Bonchev–Trinajstić information content (AvgIpc) is 2.53. The van der Waals surface area contributed by atoms with Crippen molar-refractivity contribution in [2.24, 2.45) is 11.7 Å². The molecule has 1 heterocycles. The summed E-state index contributed by atoms with van der Waals surface area (Å²) in [6.07, 6.45) is 0. The fraction of sp³-hybridized carbons (Fsp3) is 0.529. The van der Waals surface area contributed by atoms with Crippen molar-refractivity contribution in [2.75, 3.05) is 31.1 Å². The number of amides is 1. The van der Waals surface area contributed by atoms with Crippen LogP contribution in [0.2, 0.25) is 0 Å². The lowest BCUT2D eigenvalue weighted by Crippen LogP contribution is -2.54. The molecule has 0 radical (unpaired) electrons. The molecule has 1 aromatic carbocycles. The number of nitrogens with zero attached hydrogens (tertiary/aromatic N) is 2. The standard InChI is InChI=1S/C17H24FN3O2/c1-11(2)16(19)17(23)21-8-6-20(7-9-21)15-5-4-13(12(3)22)10-14(15)18/h4-5,10-11,16H,6-9,19H2,1-3H3/t16-/m0/s1. The number of hydrogen-bond acceptors (Lipinski definition) is 4. The maximum Gasteiger partial charge on any atom is 0.239 e. The average molecular weight is 321 g/mol. The molecule has 0 saturated carbocycles. The first kappa shape index (κ1) is 17.4. The van der Waals surface area contributed by atoms with Crippen LogP contribution in [0.5, 0.6) is 0 Å². The van der Waals surface area contributed by atoms with E-state index < -0.39 is 11.9 Å². The van der Waals surface area contributed by atoms with E-state index >= 15 is 0 Å². The smallest absolute Gasteiger partial charge is 0.239 e. The van der Waals surface area contributed by atoms with Crippen molar-refractivity contribution >= 4 is 17.4 Å². The highest BCUT2D eigenvalue weighted by Gasteiger charge is 2.27. The number of carbonyl (C=O) groups excluding carboxylic acids is 2. The number of rotatable bonds is 4. The van der Waals surface area contributed by atoms with Gasteiger partial charge in [0, 0.05) is 31.7 Å². The molecular formula is C17H24FN3O2. The summed E-state index contributed by atoms with van der Waals surface area (Å²) < 4.78 is 14.2. The number of piperazine rings is 1. The van der Waals surface area contributed by atoms with Gasteiger partial charge in [-0.1, -0.05) is 13.8 Å². The fourth-order valence-corrected chi connectivity index (χ4v) is 2.65. The van der Waals surface area contributed by atoms with Gasteiger partial charge in [0.25, 0.3) is 0 Å². The van der Waals surface area contributed by atoms with Crippen LogP contribution in [0.25, 0.3) is 0 Å². The third kappa shape index (κ3) is 3.88. The number of benzene rings is 1. The number of carbonyl (C=O) groups is 2. The highest BCUT2D eigenvalue weighted by atomic mass is 19.1. The first-order valence-corrected chi connectivity index (χ1v) is 7.91. The summed E-state index contributed by atoms with van der Waals surface area (Å²) in [6, 6.07) is 4.04. The van der Waals surface area contributed by atoms with Gasteiger partial charge in [0.1, 0.15) is 5.82 Å². The van der Waals surface area contributed by atoms with E-state index in [1.54, 1.807) is 17.0 Å². The van der Waals surface area contributed by atoms with E-state index in [1.165, 1.54) is 13.0 Å². The van der Waals surface area contributed by atoms with Gasteiger partial charge in [-0.25, -0.2) is 4.39 Å². The molecule has 1 aromatic rings. The van der Waals surface area contributed by atoms with Gasteiger partial charge < -0.3 is 15.5 Å². The fourth-order valence-electron chi connectivity index (χ4n) is 2.65. The van der Waals surface area contributed by atoms with Crippen LogP contribution < -0.4 is 10.6 Å². The van der Waals surface area contributed by atoms with E-state index in [0.29, 0.717) is 37.4 Å². The highest BCUT2D eigenvalue weighted by Crippen LogP contribution is 2.22. The molecule has 0 aromatic heterocycles. The second kappa shape index (κ2) is 7.08. The third-order valence-electron chi connectivity index (χ3n) is 4.29. The van der Waals surface area contributed by atoms with Gasteiger partial charge in [0.15, 0.2) is 5.78 Å². The summed E-state index contributed by atoms with van der Waals surface area (Å²) in [5, 5.41) is 0. The number of nitrogens with two attached hydrogens (primary N) is 1. The van der Waals surface area contributed by atoms with E-state index in [9.17, 15) is 14.0 Å². The molecule has 2 N–H and O–H groups in total. The van der Waals surface area contributed by atoms with Crippen LogP contribution in [0.4, 0.5) is 10.1 Å². The summed E-state index contributed by atoms with van der Waals surface area (Å²) >= 11 is 0. The Bertz CT molecular complexity index is 596. The van der Waals surface area contributed by atoms with E-state index in [4.69, 9.17) is 5.73 Å². The Kier molecular flexibility index (Phi) is 5.36. The number of anilines is 1. The van der Waals surface area contributed by atoms with Crippen molar-refractivity contribution < 1.29 is 14.0 Å². The first-order chi connectivity index (χ1) is 10.8. The highest BCUT2D eigenvalue weighted by molar-refractivity contribution is 5.94. The summed E-state index contributed by atoms with van der Waals surface area (Å²) in [5.74, 6) is -0.519. The number of ketones is 1. The molecule has 6 heteroatoms. The molecule has 1 amide bonds. The van der Waals surface area contributed by atoms with E-state index in [2.05, 4.69) is 0 Å². The summed E-state index contributed by atoms with van der Waals surface area (Å²) in [7, 11) is 0. The molecule has 5 nitrogen and oxygen atoms in total. The van der Waals surface area contributed by atoms with E-state index in [0.717, 1.165) is 0 Å². The van der Waals surface area contributed by atoms with Crippen LogP contribution in [0, 0.1) is 11.7 Å². The minimum Gasteiger partial charge on any atom is -0.366 e. The lowest BCUT2D eigenvalue weighted by Gasteiger charge is -2.37. The lowest BCUT2D eigenvalue weighted by atomic mass is 10.0. The molecule has 1 atom stereocenters. The second-order valence-corrected chi connectivity index (χ2v) is 6.30. The van der Waals surface area contributed by atoms with Crippen LogP contribution in [0.3, 0.4) is 0 Å². The molecule has 126 valence electrons. The molecule has 23 heavy (non-hydrogen) atoms. The summed E-state index contributed by atoms with van der Waals surface area (Å²) in [5.41, 5.74) is 6.74. The molecule has 0 bridgehead atoms. The monoisotopic (exact) mass is 321 g/mol. The van der Waals surface area contributed by atoms with E-state index in [1.807, 2.05) is 18.7 Å². The largest absolute Gasteiger partial charge is 0.366 e. The van der Waals surface area contributed by atoms with Crippen LogP contribution in [0.1, 0.15) is 31.1 Å². The zero-order chi connectivity index (χ0) is 17.1. The van der Waals surface area contributed by atoms with Gasteiger partial charge in [-0.2, -0.15) is 0 Å². The van der Waals surface area contributed by atoms with Gasteiger partial charge >= 0.3 is 0 Å². The SMILES string of the molecule is CC(=O)c1ccc(N2CCN(C(=O)[C@@H](N)C(C)C)CC2)c(F)c1. The molecule has 0 aliphatic carbocycles. The summed E-state index contributed by atoms with van der Waals surface area (Å²) in [4.78, 5) is 27.2. The van der Waals surface area contributed by atoms with Gasteiger partial charge in [-0.3, -0.25) is 9.59 Å². The predicted octanol–water partition coefficient (Wildman–Crippen LogP) is 1.66. The Morgan fingerprint density at radius 3 is 2.26 bits per heavy atom. The molecule has 1 aliphatic rings. The van der Waals surface area contributed by atoms with Gasteiger partial charge in [0.2, 0.25) is 5.91 Å². The zero-order valence-electron chi connectivity index (χ0n) is 13.9. The van der Waals surface area contributed by atoms with Crippen LogP contribution in [0.15, 0.2) is 18.2 Å². The Hall–Kier alpha value is -1.95.